The molecule has 0 amide bonds. The van der Waals surface area contributed by atoms with Crippen LogP contribution in [0.1, 0.15) is 20.3 Å². The second-order valence-corrected chi connectivity index (χ2v) is 4.04. The fraction of sp³-hybridized carbons (Fsp3) is 0.667. The van der Waals surface area contributed by atoms with E-state index in [0.29, 0.717) is 5.78 Å². The smallest absolute Gasteiger partial charge is 0.162 e. The van der Waals surface area contributed by atoms with Crippen LogP contribution in [0.15, 0.2) is 11.1 Å². The third-order valence-electron chi connectivity index (χ3n) is 2.30. The van der Waals surface area contributed by atoms with Gasteiger partial charge >= 0.3 is 0 Å². The third-order valence-corrected chi connectivity index (χ3v) is 3.04. The zero-order valence-electron chi connectivity index (χ0n) is 7.31. The van der Waals surface area contributed by atoms with Crippen molar-refractivity contribution in [3.8, 4) is 0 Å². The molecule has 1 aliphatic carbocycles. The minimum absolute atomic E-state index is 0.282. The van der Waals surface area contributed by atoms with Gasteiger partial charge in [-0.1, -0.05) is 5.57 Å². The van der Waals surface area contributed by atoms with E-state index in [1.165, 1.54) is 5.57 Å². The topological polar surface area (TPSA) is 17.1 Å². The maximum atomic E-state index is 11.4. The molecule has 0 N–H and O–H groups in total. The predicted molar refractivity (Wildman–Crippen MR) is 49.9 cm³/mol. The Morgan fingerprint density at radius 3 is 2.55 bits per heavy atom. The molecule has 11 heavy (non-hydrogen) atoms. The van der Waals surface area contributed by atoms with Gasteiger partial charge in [0.25, 0.3) is 0 Å². The van der Waals surface area contributed by atoms with Crippen LogP contribution in [-0.2, 0) is 4.79 Å². The van der Waals surface area contributed by atoms with Gasteiger partial charge < -0.3 is 0 Å². The molecule has 1 rings (SSSR count). The molecule has 0 fully saturated rings. The van der Waals surface area contributed by atoms with Crippen molar-refractivity contribution in [1.29, 1.82) is 0 Å². The minimum Gasteiger partial charge on any atom is -0.294 e. The van der Waals surface area contributed by atoms with Crippen molar-refractivity contribution in [2.75, 3.05) is 12.0 Å². The number of thioether (sulfide) groups is 1. The Labute approximate surface area is 72.2 Å². The summed E-state index contributed by atoms with van der Waals surface area (Å²) in [7, 11) is 0. The quantitative estimate of drug-likeness (QED) is 0.632. The molecule has 0 saturated carbocycles. The monoisotopic (exact) mass is 170 g/mol. The Morgan fingerprint density at radius 1 is 1.55 bits per heavy atom. The van der Waals surface area contributed by atoms with E-state index in [2.05, 4.69) is 13.2 Å². The minimum atomic E-state index is 0.282. The van der Waals surface area contributed by atoms with E-state index in [-0.39, 0.29) is 5.92 Å². The zero-order valence-corrected chi connectivity index (χ0v) is 8.12. The van der Waals surface area contributed by atoms with Crippen molar-refractivity contribution in [3.05, 3.63) is 11.1 Å². The van der Waals surface area contributed by atoms with E-state index >= 15 is 0 Å². The predicted octanol–water partition coefficient (Wildman–Crippen LogP) is 2.27. The van der Waals surface area contributed by atoms with Gasteiger partial charge in [0.05, 0.1) is 0 Å². The summed E-state index contributed by atoms with van der Waals surface area (Å²) >= 11 is 1.76. The van der Waals surface area contributed by atoms with Gasteiger partial charge in [-0.3, -0.25) is 4.79 Å². The van der Waals surface area contributed by atoms with E-state index in [0.717, 1.165) is 17.7 Å². The summed E-state index contributed by atoms with van der Waals surface area (Å²) in [6.07, 6.45) is 3.04. The number of hydrogen-bond acceptors (Lipinski definition) is 2. The molecule has 0 aliphatic heterocycles. The van der Waals surface area contributed by atoms with Crippen molar-refractivity contribution in [3.63, 3.8) is 0 Å². The van der Waals surface area contributed by atoms with Gasteiger partial charge in [0, 0.05) is 11.7 Å². The fourth-order valence-electron chi connectivity index (χ4n) is 1.47. The maximum absolute atomic E-state index is 11.4. The van der Waals surface area contributed by atoms with E-state index < -0.39 is 0 Å². The van der Waals surface area contributed by atoms with Crippen molar-refractivity contribution < 1.29 is 4.79 Å². The van der Waals surface area contributed by atoms with Crippen LogP contribution in [0.25, 0.3) is 0 Å². The molecule has 62 valence electrons. The van der Waals surface area contributed by atoms with Crippen molar-refractivity contribution in [1.82, 2.24) is 0 Å². The first-order valence-electron chi connectivity index (χ1n) is 3.86. The fourth-order valence-corrected chi connectivity index (χ4v) is 2.14. The van der Waals surface area contributed by atoms with Gasteiger partial charge in [-0.05, 0) is 32.1 Å². The zero-order chi connectivity index (χ0) is 8.43. The third kappa shape index (κ3) is 1.67. The molecule has 0 aromatic heterocycles. The van der Waals surface area contributed by atoms with Gasteiger partial charge in [0.15, 0.2) is 5.78 Å². The normalized spacial score (nSPS) is 25.0. The highest BCUT2D eigenvalue weighted by Crippen LogP contribution is 2.29. The summed E-state index contributed by atoms with van der Waals surface area (Å²) in [5.41, 5.74) is 2.29. The Balaban J connectivity index is 2.63. The lowest BCUT2D eigenvalue weighted by molar-refractivity contribution is -0.117. The molecular formula is C9H14OS. The number of rotatable bonds is 2. The number of allylic oxidation sites excluding steroid dienone is 2. The molecule has 0 spiro atoms. The first-order valence-corrected chi connectivity index (χ1v) is 5.25. The van der Waals surface area contributed by atoms with Crippen LogP contribution < -0.4 is 0 Å². The highest BCUT2D eigenvalue weighted by atomic mass is 32.2. The van der Waals surface area contributed by atoms with Crippen LogP contribution in [0.2, 0.25) is 0 Å². The van der Waals surface area contributed by atoms with E-state index in [4.69, 9.17) is 0 Å². The Morgan fingerprint density at radius 2 is 2.18 bits per heavy atom. The first-order chi connectivity index (χ1) is 5.16. The SMILES string of the molecule is CSCC1CC(C)=C(C)C1=O. The molecule has 0 heterocycles. The number of carbonyl (C=O) groups is 1. The van der Waals surface area contributed by atoms with Crippen molar-refractivity contribution >= 4 is 17.5 Å². The molecule has 1 atom stereocenters. The van der Waals surface area contributed by atoms with Gasteiger partial charge in [0.1, 0.15) is 0 Å². The molecular weight excluding hydrogens is 156 g/mol. The summed E-state index contributed by atoms with van der Waals surface area (Å²) in [5, 5.41) is 0. The number of hydrogen-bond donors (Lipinski definition) is 0. The lowest BCUT2D eigenvalue weighted by Gasteiger charge is -2.04. The molecule has 1 nitrogen and oxygen atoms in total. The molecule has 0 saturated heterocycles. The summed E-state index contributed by atoms with van der Waals surface area (Å²) in [5.74, 6) is 1.63. The standard InChI is InChI=1S/C9H14OS/c1-6-4-8(5-11-3)9(10)7(6)2/h8H,4-5H2,1-3H3. The first kappa shape index (κ1) is 8.85. The van der Waals surface area contributed by atoms with Crippen LogP contribution in [0.5, 0.6) is 0 Å². The van der Waals surface area contributed by atoms with Crippen LogP contribution in [-0.4, -0.2) is 17.8 Å². The lowest BCUT2D eigenvalue weighted by Crippen LogP contribution is -2.11. The molecule has 0 radical (unpaired) electrons. The summed E-state index contributed by atoms with van der Waals surface area (Å²) in [4.78, 5) is 11.4. The average Bonchev–Trinajstić information content (AvgIpc) is 2.19. The molecule has 0 aromatic rings. The van der Waals surface area contributed by atoms with Crippen LogP contribution in [0, 0.1) is 5.92 Å². The summed E-state index contributed by atoms with van der Waals surface area (Å²) in [6, 6.07) is 0. The number of Topliss-reactive ketones (excluding diaryl/α,β-unsaturated/α-hetero) is 1. The lowest BCUT2D eigenvalue weighted by atomic mass is 10.1. The van der Waals surface area contributed by atoms with Crippen LogP contribution in [0.3, 0.4) is 0 Å². The second kappa shape index (κ2) is 3.44. The summed E-state index contributed by atoms with van der Waals surface area (Å²) in [6.45, 7) is 4.01. The molecule has 0 bridgehead atoms. The Kier molecular flexibility index (Phi) is 2.77. The Hall–Kier alpha value is -0.240. The molecule has 1 unspecified atom stereocenters. The van der Waals surface area contributed by atoms with E-state index in [1.54, 1.807) is 11.8 Å². The Bertz CT molecular complexity index is 206. The maximum Gasteiger partial charge on any atom is 0.162 e. The number of carbonyl (C=O) groups excluding carboxylic acids is 1. The van der Waals surface area contributed by atoms with Crippen molar-refractivity contribution in [2.24, 2.45) is 5.92 Å². The van der Waals surface area contributed by atoms with Gasteiger partial charge in [0.2, 0.25) is 0 Å². The second-order valence-electron chi connectivity index (χ2n) is 3.13. The van der Waals surface area contributed by atoms with Gasteiger partial charge in [-0.25, -0.2) is 0 Å². The summed E-state index contributed by atoms with van der Waals surface area (Å²) < 4.78 is 0. The van der Waals surface area contributed by atoms with Crippen molar-refractivity contribution in [2.45, 2.75) is 20.3 Å². The average molecular weight is 170 g/mol. The van der Waals surface area contributed by atoms with Gasteiger partial charge in [-0.15, -0.1) is 0 Å². The van der Waals surface area contributed by atoms with Crippen LogP contribution in [0.4, 0.5) is 0 Å². The number of ketones is 1. The molecule has 2 heteroatoms. The molecule has 0 aromatic carbocycles. The van der Waals surface area contributed by atoms with E-state index in [1.807, 2.05) is 6.92 Å². The van der Waals surface area contributed by atoms with E-state index in [9.17, 15) is 4.79 Å². The highest BCUT2D eigenvalue weighted by molar-refractivity contribution is 7.98. The van der Waals surface area contributed by atoms with Crippen LogP contribution >= 0.6 is 11.8 Å². The highest BCUT2D eigenvalue weighted by Gasteiger charge is 2.27. The largest absolute Gasteiger partial charge is 0.294 e. The molecule has 1 aliphatic rings. The van der Waals surface area contributed by atoms with Gasteiger partial charge in [-0.2, -0.15) is 11.8 Å².